The van der Waals surface area contributed by atoms with Crippen LogP contribution in [0.15, 0.2) is 30.3 Å². The van der Waals surface area contributed by atoms with Crippen LogP contribution in [0.5, 0.6) is 0 Å². The lowest BCUT2D eigenvalue weighted by Gasteiger charge is -2.16. The summed E-state index contributed by atoms with van der Waals surface area (Å²) in [4.78, 5) is 21.2. The standard InChI is InChI=1S/C11H13NO4/c1-8(13)16-10(12-11(14)15)7-9-5-3-2-4-6-9/h2-6,10,12H,7H2,1H3,(H,14,15). The number of hydrogen-bond donors (Lipinski definition) is 2. The zero-order valence-electron chi connectivity index (χ0n) is 8.84. The summed E-state index contributed by atoms with van der Waals surface area (Å²) in [6.07, 6.45) is -1.76. The fourth-order valence-electron chi connectivity index (χ4n) is 1.29. The summed E-state index contributed by atoms with van der Waals surface area (Å²) < 4.78 is 4.83. The molecule has 5 heteroatoms. The van der Waals surface area contributed by atoms with E-state index in [2.05, 4.69) is 5.32 Å². The van der Waals surface area contributed by atoms with Gasteiger partial charge in [-0.15, -0.1) is 0 Å². The first kappa shape index (κ1) is 12.0. The molecule has 16 heavy (non-hydrogen) atoms. The third kappa shape index (κ3) is 4.45. The monoisotopic (exact) mass is 223 g/mol. The van der Waals surface area contributed by atoms with E-state index >= 15 is 0 Å². The van der Waals surface area contributed by atoms with Crippen molar-refractivity contribution >= 4 is 12.1 Å². The van der Waals surface area contributed by atoms with Gasteiger partial charge in [0.25, 0.3) is 0 Å². The Morgan fingerprint density at radius 3 is 2.50 bits per heavy atom. The van der Waals surface area contributed by atoms with Crippen LogP contribution in [0.3, 0.4) is 0 Å². The Morgan fingerprint density at radius 1 is 1.38 bits per heavy atom. The number of rotatable bonds is 4. The molecule has 0 saturated carbocycles. The van der Waals surface area contributed by atoms with Crippen LogP contribution < -0.4 is 5.32 Å². The molecule has 0 spiro atoms. The second kappa shape index (κ2) is 5.75. The van der Waals surface area contributed by atoms with Crippen molar-refractivity contribution < 1.29 is 19.4 Å². The first-order valence-electron chi connectivity index (χ1n) is 4.78. The van der Waals surface area contributed by atoms with Gasteiger partial charge in [-0.3, -0.25) is 10.1 Å². The van der Waals surface area contributed by atoms with Crippen molar-refractivity contribution in [2.24, 2.45) is 0 Å². The summed E-state index contributed by atoms with van der Waals surface area (Å²) >= 11 is 0. The number of nitrogens with one attached hydrogen (secondary N) is 1. The molecule has 0 radical (unpaired) electrons. The lowest BCUT2D eigenvalue weighted by atomic mass is 10.1. The molecule has 5 nitrogen and oxygen atoms in total. The Labute approximate surface area is 93.0 Å². The smallest absolute Gasteiger partial charge is 0.407 e. The van der Waals surface area contributed by atoms with Gasteiger partial charge in [-0.1, -0.05) is 30.3 Å². The third-order valence-corrected chi connectivity index (χ3v) is 1.86. The van der Waals surface area contributed by atoms with E-state index in [-0.39, 0.29) is 0 Å². The van der Waals surface area contributed by atoms with Crippen LogP contribution in [0.4, 0.5) is 4.79 Å². The molecule has 1 atom stereocenters. The number of carbonyl (C=O) groups is 2. The van der Waals surface area contributed by atoms with E-state index in [0.29, 0.717) is 6.42 Å². The van der Waals surface area contributed by atoms with Gasteiger partial charge in [0, 0.05) is 13.3 Å². The molecule has 1 unspecified atom stereocenters. The average molecular weight is 223 g/mol. The van der Waals surface area contributed by atoms with Crippen molar-refractivity contribution in [3.05, 3.63) is 35.9 Å². The number of amides is 1. The fourth-order valence-corrected chi connectivity index (χ4v) is 1.29. The van der Waals surface area contributed by atoms with Crippen molar-refractivity contribution in [3.8, 4) is 0 Å². The summed E-state index contributed by atoms with van der Waals surface area (Å²) in [5, 5.41) is 10.7. The zero-order valence-corrected chi connectivity index (χ0v) is 8.84. The van der Waals surface area contributed by atoms with Gasteiger partial charge >= 0.3 is 12.1 Å². The van der Waals surface area contributed by atoms with Gasteiger partial charge in [0.2, 0.25) is 0 Å². The van der Waals surface area contributed by atoms with Crippen LogP contribution in [0, 0.1) is 0 Å². The molecule has 1 rings (SSSR count). The molecular formula is C11H13NO4. The van der Waals surface area contributed by atoms with Gasteiger partial charge in [-0.25, -0.2) is 4.79 Å². The molecule has 0 aromatic heterocycles. The molecule has 0 saturated heterocycles. The quantitative estimate of drug-likeness (QED) is 0.597. The number of benzene rings is 1. The zero-order chi connectivity index (χ0) is 12.0. The normalized spacial score (nSPS) is 11.6. The topological polar surface area (TPSA) is 75.6 Å². The summed E-state index contributed by atoms with van der Waals surface area (Å²) in [6, 6.07) is 9.19. The largest absolute Gasteiger partial charge is 0.465 e. The van der Waals surface area contributed by atoms with E-state index in [1.54, 1.807) is 0 Å². The first-order chi connectivity index (χ1) is 7.58. The maximum atomic E-state index is 10.8. The molecule has 0 heterocycles. The van der Waals surface area contributed by atoms with Crippen LogP contribution in [-0.2, 0) is 16.0 Å². The van der Waals surface area contributed by atoms with Crippen molar-refractivity contribution in [3.63, 3.8) is 0 Å². The Morgan fingerprint density at radius 2 is 2.00 bits per heavy atom. The number of carbonyl (C=O) groups excluding carboxylic acids is 1. The summed E-state index contributed by atoms with van der Waals surface area (Å²) in [5.74, 6) is -0.519. The highest BCUT2D eigenvalue weighted by Crippen LogP contribution is 2.04. The predicted octanol–water partition coefficient (Wildman–Crippen LogP) is 1.39. The van der Waals surface area contributed by atoms with Crippen molar-refractivity contribution in [1.82, 2.24) is 5.32 Å². The van der Waals surface area contributed by atoms with Gasteiger partial charge < -0.3 is 9.84 Å². The van der Waals surface area contributed by atoms with E-state index in [4.69, 9.17) is 9.84 Å². The van der Waals surface area contributed by atoms with Crippen LogP contribution in [-0.4, -0.2) is 23.4 Å². The second-order valence-electron chi connectivity index (χ2n) is 3.24. The molecule has 0 aliphatic rings. The SMILES string of the molecule is CC(=O)OC(Cc1ccccc1)NC(=O)O. The molecule has 0 aliphatic carbocycles. The molecule has 1 aromatic rings. The molecule has 0 bridgehead atoms. The molecule has 1 amide bonds. The van der Waals surface area contributed by atoms with Gasteiger partial charge in [0.15, 0.2) is 6.23 Å². The van der Waals surface area contributed by atoms with Gasteiger partial charge in [-0.2, -0.15) is 0 Å². The summed E-state index contributed by atoms with van der Waals surface area (Å²) in [6.45, 7) is 1.24. The lowest BCUT2D eigenvalue weighted by Crippen LogP contribution is -2.38. The summed E-state index contributed by atoms with van der Waals surface area (Å²) in [5.41, 5.74) is 0.891. The van der Waals surface area contributed by atoms with Crippen LogP contribution in [0.2, 0.25) is 0 Å². The predicted molar refractivity (Wildman–Crippen MR) is 56.9 cm³/mol. The second-order valence-corrected chi connectivity index (χ2v) is 3.24. The molecule has 0 fully saturated rings. The molecule has 1 aromatic carbocycles. The minimum atomic E-state index is -1.22. The number of ether oxygens (including phenoxy) is 1. The van der Waals surface area contributed by atoms with E-state index in [9.17, 15) is 9.59 Å². The third-order valence-electron chi connectivity index (χ3n) is 1.86. The van der Waals surface area contributed by atoms with E-state index < -0.39 is 18.3 Å². The first-order valence-corrected chi connectivity index (χ1v) is 4.78. The van der Waals surface area contributed by atoms with E-state index in [1.807, 2.05) is 30.3 Å². The Kier molecular flexibility index (Phi) is 4.32. The Bertz CT molecular complexity index is 348. The number of hydrogen-bond acceptors (Lipinski definition) is 3. The molecule has 0 aliphatic heterocycles. The molecular weight excluding hydrogens is 210 g/mol. The van der Waals surface area contributed by atoms with Crippen LogP contribution in [0.25, 0.3) is 0 Å². The minimum Gasteiger partial charge on any atom is -0.465 e. The number of carboxylic acid groups (broad SMARTS) is 1. The maximum absolute atomic E-state index is 10.8. The highest BCUT2D eigenvalue weighted by molar-refractivity contribution is 5.68. The van der Waals surface area contributed by atoms with E-state index in [1.165, 1.54) is 6.92 Å². The van der Waals surface area contributed by atoms with Crippen molar-refractivity contribution in [2.75, 3.05) is 0 Å². The van der Waals surface area contributed by atoms with Gasteiger partial charge in [0.05, 0.1) is 0 Å². The van der Waals surface area contributed by atoms with Gasteiger partial charge in [0.1, 0.15) is 0 Å². The van der Waals surface area contributed by atoms with Crippen LogP contribution in [0.1, 0.15) is 12.5 Å². The fraction of sp³-hybridized carbons (Fsp3) is 0.273. The Hall–Kier alpha value is -2.04. The highest BCUT2D eigenvalue weighted by atomic mass is 16.6. The lowest BCUT2D eigenvalue weighted by molar-refractivity contribution is -0.147. The Balaban J connectivity index is 2.63. The maximum Gasteiger partial charge on any atom is 0.407 e. The molecule has 2 N–H and O–H groups in total. The number of esters is 1. The minimum absolute atomic E-state index is 0.312. The van der Waals surface area contributed by atoms with Crippen molar-refractivity contribution in [2.45, 2.75) is 19.6 Å². The average Bonchev–Trinajstić information content (AvgIpc) is 2.16. The van der Waals surface area contributed by atoms with E-state index in [0.717, 1.165) is 5.56 Å². The highest BCUT2D eigenvalue weighted by Gasteiger charge is 2.14. The van der Waals surface area contributed by atoms with Gasteiger partial charge in [-0.05, 0) is 5.56 Å². The van der Waals surface area contributed by atoms with Crippen LogP contribution >= 0.6 is 0 Å². The summed E-state index contributed by atoms with van der Waals surface area (Å²) in [7, 11) is 0. The molecule has 86 valence electrons. The van der Waals surface area contributed by atoms with Crippen molar-refractivity contribution in [1.29, 1.82) is 0 Å².